The summed E-state index contributed by atoms with van der Waals surface area (Å²) in [5.41, 5.74) is 0.993. The second-order valence-corrected chi connectivity index (χ2v) is 11.7. The Hall–Kier alpha value is -3.07. The van der Waals surface area contributed by atoms with E-state index in [1.54, 1.807) is 36.3 Å². The summed E-state index contributed by atoms with van der Waals surface area (Å²) >= 11 is 0. The molecule has 0 aliphatic carbocycles. The first-order valence-electron chi connectivity index (χ1n) is 12.1. The second kappa shape index (κ2) is 12.8. The number of nitrogens with one attached hydrogen (secondary N) is 1. The number of anilines is 1. The highest BCUT2D eigenvalue weighted by Crippen LogP contribution is 2.22. The fourth-order valence-corrected chi connectivity index (χ4v) is 4.87. The van der Waals surface area contributed by atoms with Crippen molar-refractivity contribution in [2.75, 3.05) is 24.2 Å². The molecule has 0 heterocycles. The van der Waals surface area contributed by atoms with Crippen LogP contribution in [0.5, 0.6) is 5.75 Å². The van der Waals surface area contributed by atoms with E-state index in [1.165, 1.54) is 4.31 Å². The van der Waals surface area contributed by atoms with Gasteiger partial charge in [0.2, 0.25) is 21.8 Å². The van der Waals surface area contributed by atoms with Crippen LogP contribution in [0.3, 0.4) is 0 Å². The van der Waals surface area contributed by atoms with Crippen LogP contribution in [-0.4, -0.2) is 56.6 Å². The molecule has 2 aromatic rings. The Balaban J connectivity index is 2.20. The van der Waals surface area contributed by atoms with Gasteiger partial charge < -0.3 is 15.0 Å². The van der Waals surface area contributed by atoms with Crippen LogP contribution in [0.15, 0.2) is 54.6 Å². The van der Waals surface area contributed by atoms with Gasteiger partial charge in [-0.1, -0.05) is 37.3 Å². The minimum atomic E-state index is -3.56. The van der Waals surface area contributed by atoms with Crippen molar-refractivity contribution in [2.45, 2.75) is 65.1 Å². The first-order valence-corrected chi connectivity index (χ1v) is 14.0. The zero-order valence-corrected chi connectivity index (χ0v) is 23.0. The lowest BCUT2D eigenvalue weighted by Gasteiger charge is -2.33. The molecular formula is C27H39N3O5S. The number of benzene rings is 2. The van der Waals surface area contributed by atoms with Crippen molar-refractivity contribution >= 4 is 27.5 Å². The number of amides is 2. The lowest BCUT2D eigenvalue weighted by Crippen LogP contribution is -2.53. The van der Waals surface area contributed by atoms with Crippen LogP contribution >= 0.6 is 0 Å². The van der Waals surface area contributed by atoms with Crippen molar-refractivity contribution in [3.8, 4) is 5.75 Å². The number of methoxy groups -OCH3 is 1. The Morgan fingerprint density at radius 3 is 2.14 bits per heavy atom. The lowest BCUT2D eigenvalue weighted by atomic mass is 10.0. The Labute approximate surface area is 215 Å². The molecule has 0 fully saturated rings. The van der Waals surface area contributed by atoms with Gasteiger partial charge >= 0.3 is 0 Å². The first-order chi connectivity index (χ1) is 16.9. The van der Waals surface area contributed by atoms with E-state index < -0.39 is 21.6 Å². The van der Waals surface area contributed by atoms with Crippen LogP contribution in [0.1, 0.15) is 52.5 Å². The molecule has 0 aliphatic rings. The van der Waals surface area contributed by atoms with E-state index >= 15 is 0 Å². The molecule has 0 aliphatic heterocycles. The minimum absolute atomic E-state index is 0.105. The van der Waals surface area contributed by atoms with Crippen LogP contribution < -0.4 is 14.4 Å². The SMILES string of the molecule is CCC(C(=O)NC(C)(C)C)N(Cc1ccccc1)C(=O)CCCN(c1ccc(OC)cc1)S(C)(=O)=O. The predicted octanol–water partition coefficient (Wildman–Crippen LogP) is 3.96. The van der Waals surface area contributed by atoms with E-state index in [2.05, 4.69) is 5.32 Å². The number of carbonyl (C=O) groups excluding carboxylic acids is 2. The van der Waals surface area contributed by atoms with Crippen molar-refractivity contribution in [3.63, 3.8) is 0 Å². The van der Waals surface area contributed by atoms with Gasteiger partial charge in [0.15, 0.2) is 0 Å². The van der Waals surface area contributed by atoms with Gasteiger partial charge in [0, 0.05) is 25.0 Å². The topological polar surface area (TPSA) is 96.0 Å². The van der Waals surface area contributed by atoms with Crippen LogP contribution in [-0.2, 0) is 26.2 Å². The Kier molecular flexibility index (Phi) is 10.3. The number of nitrogens with zero attached hydrogens (tertiary/aromatic N) is 2. The quantitative estimate of drug-likeness (QED) is 0.460. The zero-order valence-electron chi connectivity index (χ0n) is 22.2. The first kappa shape index (κ1) is 29.2. The average molecular weight is 518 g/mol. The molecule has 2 amide bonds. The molecule has 1 unspecified atom stereocenters. The highest BCUT2D eigenvalue weighted by atomic mass is 32.2. The minimum Gasteiger partial charge on any atom is -0.497 e. The second-order valence-electron chi connectivity index (χ2n) is 9.81. The Bertz CT molecular complexity index is 1100. The molecule has 9 heteroatoms. The third kappa shape index (κ3) is 8.86. The van der Waals surface area contributed by atoms with Gasteiger partial charge in [-0.25, -0.2) is 8.42 Å². The molecule has 1 N–H and O–H groups in total. The predicted molar refractivity (Wildman–Crippen MR) is 143 cm³/mol. The van der Waals surface area contributed by atoms with Gasteiger partial charge in [-0.15, -0.1) is 0 Å². The van der Waals surface area contributed by atoms with Gasteiger partial charge in [-0.05, 0) is 63.4 Å². The third-order valence-corrected chi connectivity index (χ3v) is 6.79. The van der Waals surface area contributed by atoms with Crippen LogP contribution in [0.25, 0.3) is 0 Å². The van der Waals surface area contributed by atoms with E-state index in [9.17, 15) is 18.0 Å². The molecule has 0 bridgehead atoms. The Morgan fingerprint density at radius 2 is 1.64 bits per heavy atom. The number of ether oxygens (including phenoxy) is 1. The highest BCUT2D eigenvalue weighted by Gasteiger charge is 2.30. The van der Waals surface area contributed by atoms with Crippen LogP contribution in [0.2, 0.25) is 0 Å². The maximum absolute atomic E-state index is 13.4. The van der Waals surface area contributed by atoms with Gasteiger partial charge in [-0.3, -0.25) is 13.9 Å². The maximum Gasteiger partial charge on any atom is 0.243 e. The maximum atomic E-state index is 13.4. The number of carbonyl (C=O) groups is 2. The normalized spacial score (nSPS) is 12.5. The zero-order chi connectivity index (χ0) is 26.9. The summed E-state index contributed by atoms with van der Waals surface area (Å²) in [6.45, 7) is 8.03. The summed E-state index contributed by atoms with van der Waals surface area (Å²) in [5.74, 6) is 0.223. The van der Waals surface area contributed by atoms with Gasteiger partial charge in [0.25, 0.3) is 0 Å². The molecule has 0 radical (unpaired) electrons. The largest absolute Gasteiger partial charge is 0.497 e. The molecule has 0 spiro atoms. The van der Waals surface area contributed by atoms with E-state index in [1.807, 2.05) is 58.0 Å². The van der Waals surface area contributed by atoms with Crippen molar-refractivity contribution < 1.29 is 22.7 Å². The molecule has 1 atom stereocenters. The summed E-state index contributed by atoms with van der Waals surface area (Å²) in [6.07, 6.45) is 2.02. The molecule has 36 heavy (non-hydrogen) atoms. The standard InChI is InChI=1S/C27H39N3O5S/c1-7-24(26(32)28-27(2,3)4)29(20-21-12-9-8-10-13-21)25(31)14-11-19-30(36(6,33)34)22-15-17-23(35-5)18-16-22/h8-10,12-13,15-18,24H,7,11,14,19-20H2,1-6H3,(H,28,32). The molecule has 2 rings (SSSR count). The van der Waals surface area contributed by atoms with Crippen molar-refractivity contribution in [3.05, 3.63) is 60.2 Å². The van der Waals surface area contributed by atoms with Crippen LogP contribution in [0, 0.1) is 0 Å². The van der Waals surface area contributed by atoms with E-state index in [-0.39, 0.29) is 24.8 Å². The lowest BCUT2D eigenvalue weighted by molar-refractivity contribution is -0.142. The fourth-order valence-electron chi connectivity index (χ4n) is 3.90. The summed E-state index contributed by atoms with van der Waals surface area (Å²) in [4.78, 5) is 28.1. The van der Waals surface area contributed by atoms with Gasteiger partial charge in [-0.2, -0.15) is 0 Å². The summed E-state index contributed by atoms with van der Waals surface area (Å²) < 4.78 is 31.4. The molecule has 8 nitrogen and oxygen atoms in total. The van der Waals surface area contributed by atoms with Crippen molar-refractivity contribution in [1.82, 2.24) is 10.2 Å². The molecule has 0 saturated carbocycles. The summed E-state index contributed by atoms with van der Waals surface area (Å²) in [6, 6.07) is 15.6. The van der Waals surface area contributed by atoms with Gasteiger partial charge in [0.05, 0.1) is 19.1 Å². The number of sulfonamides is 1. The molecule has 2 aromatic carbocycles. The number of rotatable bonds is 12. The number of hydrogen-bond acceptors (Lipinski definition) is 5. The van der Waals surface area contributed by atoms with Crippen molar-refractivity contribution in [1.29, 1.82) is 0 Å². The van der Waals surface area contributed by atoms with E-state index in [0.29, 0.717) is 30.8 Å². The molecule has 198 valence electrons. The fraction of sp³-hybridized carbons (Fsp3) is 0.481. The highest BCUT2D eigenvalue weighted by molar-refractivity contribution is 7.92. The smallest absolute Gasteiger partial charge is 0.243 e. The van der Waals surface area contributed by atoms with E-state index in [4.69, 9.17) is 4.74 Å². The van der Waals surface area contributed by atoms with Crippen molar-refractivity contribution in [2.24, 2.45) is 0 Å². The third-order valence-electron chi connectivity index (χ3n) is 5.59. The Morgan fingerprint density at radius 1 is 1.03 bits per heavy atom. The van der Waals surface area contributed by atoms with Gasteiger partial charge in [0.1, 0.15) is 11.8 Å². The monoisotopic (exact) mass is 517 g/mol. The number of hydrogen-bond donors (Lipinski definition) is 1. The van der Waals surface area contributed by atoms with Crippen LogP contribution in [0.4, 0.5) is 5.69 Å². The summed E-state index contributed by atoms with van der Waals surface area (Å²) in [7, 11) is -2.01. The molecule has 0 aromatic heterocycles. The summed E-state index contributed by atoms with van der Waals surface area (Å²) in [5, 5.41) is 2.99. The molecule has 0 saturated heterocycles. The average Bonchev–Trinajstić information content (AvgIpc) is 2.80. The molecular weight excluding hydrogens is 478 g/mol. The van der Waals surface area contributed by atoms with E-state index in [0.717, 1.165) is 11.8 Å².